The van der Waals surface area contributed by atoms with E-state index in [0.29, 0.717) is 15.2 Å². The number of carboxylic acids is 1. The predicted molar refractivity (Wildman–Crippen MR) is 101 cm³/mol. The molecule has 7 heteroatoms. The molecule has 0 fully saturated rings. The first-order valence-corrected chi connectivity index (χ1v) is 9.10. The Kier molecular flexibility index (Phi) is 4.23. The lowest BCUT2D eigenvalue weighted by Gasteiger charge is -2.26. The normalized spacial score (nSPS) is 21.8. The van der Waals surface area contributed by atoms with Gasteiger partial charge in [-0.05, 0) is 47.2 Å². The molecule has 1 N–H and O–H groups in total. The Labute approximate surface area is 158 Å². The van der Waals surface area contributed by atoms with Crippen LogP contribution in [0.5, 0.6) is 0 Å². The van der Waals surface area contributed by atoms with Gasteiger partial charge in [0.2, 0.25) is 0 Å². The van der Waals surface area contributed by atoms with E-state index in [-0.39, 0.29) is 17.0 Å². The molecule has 0 radical (unpaired) electrons. The first kappa shape index (κ1) is 16.5. The van der Waals surface area contributed by atoms with Crippen LogP contribution in [0.4, 0.5) is 0 Å². The molecule has 0 bridgehead atoms. The smallest absolute Gasteiger partial charge is 0.344 e. The highest BCUT2D eigenvalue weighted by molar-refractivity contribution is 8.18. The Morgan fingerprint density at radius 1 is 1.00 bits per heavy atom. The van der Waals surface area contributed by atoms with Crippen LogP contribution in [0.3, 0.4) is 0 Å². The minimum absolute atomic E-state index is 0.127. The summed E-state index contributed by atoms with van der Waals surface area (Å²) in [5.41, 5.74) is 2.05. The maximum atomic E-state index is 11.3. The molecule has 126 valence electrons. The molecular formula is C18H12Cl2N2O2S. The molecule has 0 unspecified atom stereocenters. The summed E-state index contributed by atoms with van der Waals surface area (Å²) in [5, 5.41) is 11.3. The molecule has 0 saturated carbocycles. The number of rotatable bonds is 3. The van der Waals surface area contributed by atoms with Crippen LogP contribution in [0, 0.1) is 0 Å². The standard InChI is InChI=1S/C18H12Cl2N2O2S/c19-12-5-1-10(2-6-12)15-16(11-3-7-13(20)8-4-11)22-9-14(17(23)24)25-18(22)21-15/h1-9,15-16H,(H,23,24)/t15-,16+/m0/s1. The van der Waals surface area contributed by atoms with Crippen LogP contribution in [-0.4, -0.2) is 21.1 Å². The number of aliphatic carboxylic acids is 1. The molecule has 0 saturated heterocycles. The van der Waals surface area contributed by atoms with Gasteiger partial charge >= 0.3 is 5.97 Å². The van der Waals surface area contributed by atoms with Crippen LogP contribution in [-0.2, 0) is 4.79 Å². The molecule has 2 aromatic rings. The molecule has 4 rings (SSSR count). The third-order valence-electron chi connectivity index (χ3n) is 4.16. The van der Waals surface area contributed by atoms with Crippen molar-refractivity contribution in [1.29, 1.82) is 0 Å². The molecule has 2 heterocycles. The van der Waals surface area contributed by atoms with Gasteiger partial charge in [-0.2, -0.15) is 0 Å². The van der Waals surface area contributed by atoms with E-state index < -0.39 is 5.97 Å². The first-order valence-electron chi connectivity index (χ1n) is 7.53. The zero-order valence-electron chi connectivity index (χ0n) is 12.8. The first-order chi connectivity index (χ1) is 12.0. The third kappa shape index (κ3) is 3.03. The summed E-state index contributed by atoms with van der Waals surface area (Å²) in [7, 11) is 0. The molecule has 2 aliphatic heterocycles. The van der Waals surface area contributed by atoms with Crippen LogP contribution in [0.25, 0.3) is 0 Å². The second-order valence-corrected chi connectivity index (χ2v) is 7.59. The molecule has 0 spiro atoms. The minimum atomic E-state index is -0.944. The third-order valence-corrected chi connectivity index (χ3v) is 5.66. The number of fused-ring (bicyclic) bond motifs is 1. The monoisotopic (exact) mass is 390 g/mol. The van der Waals surface area contributed by atoms with Crippen molar-refractivity contribution in [2.45, 2.75) is 12.1 Å². The molecule has 0 amide bonds. The van der Waals surface area contributed by atoms with Gasteiger partial charge in [-0.25, -0.2) is 4.79 Å². The SMILES string of the molecule is O=C(O)C1=CN2C(=N[C@@H](c3ccc(Cl)cc3)[C@H]2c2ccc(Cl)cc2)S1. The van der Waals surface area contributed by atoms with E-state index in [2.05, 4.69) is 0 Å². The number of amidine groups is 1. The van der Waals surface area contributed by atoms with Gasteiger partial charge < -0.3 is 10.0 Å². The number of benzene rings is 2. The zero-order chi connectivity index (χ0) is 17.6. The Hall–Kier alpha value is -1.95. The molecule has 0 aliphatic carbocycles. The maximum Gasteiger partial charge on any atom is 0.344 e. The van der Waals surface area contributed by atoms with Crippen LogP contribution in [0.1, 0.15) is 23.2 Å². The second-order valence-electron chi connectivity index (χ2n) is 5.71. The second kappa shape index (κ2) is 6.41. The predicted octanol–water partition coefficient (Wildman–Crippen LogP) is 5.12. The van der Waals surface area contributed by atoms with Crippen molar-refractivity contribution in [2.24, 2.45) is 4.99 Å². The average molecular weight is 391 g/mol. The Morgan fingerprint density at radius 3 is 2.12 bits per heavy atom. The molecule has 2 aromatic carbocycles. The topological polar surface area (TPSA) is 52.9 Å². The summed E-state index contributed by atoms with van der Waals surface area (Å²) < 4.78 is 0. The average Bonchev–Trinajstić information content (AvgIpc) is 3.14. The van der Waals surface area contributed by atoms with Crippen molar-refractivity contribution in [3.05, 3.63) is 80.8 Å². The van der Waals surface area contributed by atoms with Gasteiger partial charge in [-0.15, -0.1) is 0 Å². The van der Waals surface area contributed by atoms with Crippen molar-refractivity contribution in [3.8, 4) is 0 Å². The minimum Gasteiger partial charge on any atom is -0.477 e. The molecule has 4 nitrogen and oxygen atoms in total. The fourth-order valence-electron chi connectivity index (χ4n) is 3.01. The molecule has 2 atom stereocenters. The van der Waals surface area contributed by atoms with Gasteiger partial charge in [0.05, 0.1) is 6.04 Å². The Balaban J connectivity index is 1.77. The van der Waals surface area contributed by atoms with E-state index in [1.54, 1.807) is 6.20 Å². The highest BCUT2D eigenvalue weighted by Crippen LogP contribution is 2.48. The lowest BCUT2D eigenvalue weighted by atomic mass is 9.94. The number of hydrogen-bond acceptors (Lipinski definition) is 4. The van der Waals surface area contributed by atoms with Crippen molar-refractivity contribution in [1.82, 2.24) is 4.90 Å². The fourth-order valence-corrected chi connectivity index (χ4v) is 4.15. The number of halogens is 2. The van der Waals surface area contributed by atoms with Crippen molar-refractivity contribution >= 4 is 46.1 Å². The van der Waals surface area contributed by atoms with Gasteiger partial charge in [0.1, 0.15) is 10.9 Å². The number of carbonyl (C=O) groups is 1. The molecule has 2 aliphatic rings. The summed E-state index contributed by atoms with van der Waals surface area (Å²) in [5.74, 6) is -0.944. The molecule has 0 aromatic heterocycles. The number of nitrogens with zero attached hydrogens (tertiary/aromatic N) is 2. The van der Waals surface area contributed by atoms with Crippen LogP contribution in [0.15, 0.2) is 64.6 Å². The Morgan fingerprint density at radius 2 is 1.56 bits per heavy atom. The quantitative estimate of drug-likeness (QED) is 0.789. The van der Waals surface area contributed by atoms with Crippen molar-refractivity contribution in [2.75, 3.05) is 0 Å². The zero-order valence-corrected chi connectivity index (χ0v) is 15.1. The van der Waals surface area contributed by atoms with Gasteiger partial charge in [-0.1, -0.05) is 47.5 Å². The summed E-state index contributed by atoms with van der Waals surface area (Å²) in [6.45, 7) is 0. The summed E-state index contributed by atoms with van der Waals surface area (Å²) >= 11 is 13.2. The van der Waals surface area contributed by atoms with Gasteiger partial charge in [0, 0.05) is 16.2 Å². The number of aliphatic imine (C=N–C) groups is 1. The van der Waals surface area contributed by atoms with Gasteiger partial charge in [-0.3, -0.25) is 4.99 Å². The number of thioether (sulfide) groups is 1. The molecular weight excluding hydrogens is 379 g/mol. The Bertz CT molecular complexity index is 894. The summed E-state index contributed by atoms with van der Waals surface area (Å²) in [6.07, 6.45) is 1.65. The lowest BCUT2D eigenvalue weighted by Crippen LogP contribution is -2.22. The molecule has 25 heavy (non-hydrogen) atoms. The van der Waals surface area contributed by atoms with E-state index in [1.165, 1.54) is 11.8 Å². The van der Waals surface area contributed by atoms with Gasteiger partial charge in [0.25, 0.3) is 0 Å². The van der Waals surface area contributed by atoms with E-state index in [0.717, 1.165) is 11.1 Å². The largest absolute Gasteiger partial charge is 0.477 e. The van der Waals surface area contributed by atoms with Crippen LogP contribution >= 0.6 is 35.0 Å². The van der Waals surface area contributed by atoms with Gasteiger partial charge in [0.15, 0.2) is 5.17 Å². The maximum absolute atomic E-state index is 11.3. The van der Waals surface area contributed by atoms with E-state index >= 15 is 0 Å². The number of carboxylic acid groups (broad SMARTS) is 1. The van der Waals surface area contributed by atoms with Crippen LogP contribution < -0.4 is 0 Å². The highest BCUT2D eigenvalue weighted by atomic mass is 35.5. The van der Waals surface area contributed by atoms with Crippen molar-refractivity contribution < 1.29 is 9.90 Å². The van der Waals surface area contributed by atoms with E-state index in [9.17, 15) is 9.90 Å². The van der Waals surface area contributed by atoms with E-state index in [1.807, 2.05) is 53.4 Å². The van der Waals surface area contributed by atoms with Crippen molar-refractivity contribution in [3.63, 3.8) is 0 Å². The van der Waals surface area contributed by atoms with E-state index in [4.69, 9.17) is 28.2 Å². The van der Waals surface area contributed by atoms with Crippen LogP contribution in [0.2, 0.25) is 10.0 Å². The lowest BCUT2D eigenvalue weighted by molar-refractivity contribution is -0.131. The number of hydrogen-bond donors (Lipinski definition) is 1. The summed E-state index contributed by atoms with van der Waals surface area (Å²) in [6, 6.07) is 14.9. The summed E-state index contributed by atoms with van der Waals surface area (Å²) in [4.78, 5) is 18.3. The highest BCUT2D eigenvalue weighted by Gasteiger charge is 2.42. The fraction of sp³-hybridized carbons (Fsp3) is 0.111.